The first-order valence-electron chi connectivity index (χ1n) is 9.79. The molecular weight excluding hydrogens is 364 g/mol. The monoisotopic (exact) mass is 386 g/mol. The highest BCUT2D eigenvalue weighted by Gasteiger charge is 2.24. The molecule has 6 nitrogen and oxygen atoms in total. The van der Waals surface area contributed by atoms with Crippen LogP contribution in [0.4, 0.5) is 5.82 Å². The first-order chi connectivity index (χ1) is 14.2. The molecule has 1 saturated heterocycles. The number of hydrogen-bond donors (Lipinski definition) is 0. The summed E-state index contributed by atoms with van der Waals surface area (Å²) in [4.78, 5) is 22.0. The largest absolute Gasteiger partial charge is 0.497 e. The molecule has 5 rings (SSSR count). The number of ether oxygens (including phenoxy) is 1. The van der Waals surface area contributed by atoms with Crippen molar-refractivity contribution in [3.05, 3.63) is 72.4 Å². The number of aromatic nitrogens is 2. The van der Waals surface area contributed by atoms with E-state index in [1.54, 1.807) is 13.2 Å². The molecule has 0 atom stereocenters. The summed E-state index contributed by atoms with van der Waals surface area (Å²) in [6.07, 6.45) is 2.07. The number of methoxy groups -OCH3 is 1. The Balaban J connectivity index is 1.39. The summed E-state index contributed by atoms with van der Waals surface area (Å²) in [5.41, 5.74) is 3.83. The molecule has 0 radical (unpaired) electrons. The van der Waals surface area contributed by atoms with Crippen molar-refractivity contribution in [1.82, 2.24) is 14.3 Å². The predicted octanol–water partition coefficient (Wildman–Crippen LogP) is 3.46. The molecule has 0 unspecified atom stereocenters. The molecule has 1 aliphatic heterocycles. The Hall–Kier alpha value is -3.54. The van der Waals surface area contributed by atoms with Crippen LogP contribution in [0.2, 0.25) is 0 Å². The Bertz CT molecular complexity index is 1190. The van der Waals surface area contributed by atoms with E-state index in [2.05, 4.69) is 33.7 Å². The van der Waals surface area contributed by atoms with Gasteiger partial charge in [0.2, 0.25) is 0 Å². The van der Waals surface area contributed by atoms with Crippen molar-refractivity contribution in [1.29, 1.82) is 0 Å². The third-order valence-corrected chi connectivity index (χ3v) is 5.53. The molecule has 146 valence electrons. The summed E-state index contributed by atoms with van der Waals surface area (Å²) >= 11 is 0. The van der Waals surface area contributed by atoms with Crippen LogP contribution in [0.3, 0.4) is 0 Å². The molecule has 1 fully saturated rings. The molecule has 0 N–H and O–H groups in total. The number of benzene rings is 2. The SMILES string of the molecule is COc1cccc(C(=O)N2CCN(c3nc4ccccc4n4cccc34)CC2)c1. The van der Waals surface area contributed by atoms with Crippen molar-refractivity contribution in [2.45, 2.75) is 0 Å². The maximum Gasteiger partial charge on any atom is 0.254 e. The highest BCUT2D eigenvalue weighted by atomic mass is 16.5. The molecule has 3 heterocycles. The van der Waals surface area contributed by atoms with Gasteiger partial charge >= 0.3 is 0 Å². The fourth-order valence-corrected chi connectivity index (χ4v) is 4.00. The zero-order chi connectivity index (χ0) is 19.8. The second kappa shape index (κ2) is 7.13. The van der Waals surface area contributed by atoms with Gasteiger partial charge in [0, 0.05) is 37.9 Å². The molecule has 6 heteroatoms. The summed E-state index contributed by atoms with van der Waals surface area (Å²) in [6.45, 7) is 2.83. The smallest absolute Gasteiger partial charge is 0.254 e. The maximum absolute atomic E-state index is 12.9. The van der Waals surface area contributed by atoms with Gasteiger partial charge in [0.15, 0.2) is 5.82 Å². The van der Waals surface area contributed by atoms with Crippen LogP contribution < -0.4 is 9.64 Å². The second-order valence-electron chi connectivity index (χ2n) is 7.20. The van der Waals surface area contributed by atoms with E-state index in [0.29, 0.717) is 24.4 Å². The van der Waals surface area contributed by atoms with Crippen molar-refractivity contribution in [3.63, 3.8) is 0 Å². The Morgan fingerprint density at radius 3 is 2.55 bits per heavy atom. The lowest BCUT2D eigenvalue weighted by Gasteiger charge is -2.36. The molecule has 1 aliphatic rings. The lowest BCUT2D eigenvalue weighted by atomic mass is 10.1. The first kappa shape index (κ1) is 17.6. The number of nitrogens with zero attached hydrogens (tertiary/aromatic N) is 4. The topological polar surface area (TPSA) is 50.1 Å². The van der Waals surface area contributed by atoms with E-state index in [9.17, 15) is 4.79 Å². The minimum atomic E-state index is 0.0443. The summed E-state index contributed by atoms with van der Waals surface area (Å²) in [7, 11) is 1.61. The normalized spacial score (nSPS) is 14.5. The van der Waals surface area contributed by atoms with Crippen molar-refractivity contribution >= 4 is 28.3 Å². The van der Waals surface area contributed by atoms with E-state index in [1.807, 2.05) is 41.3 Å². The molecule has 29 heavy (non-hydrogen) atoms. The fraction of sp³-hybridized carbons (Fsp3) is 0.217. The van der Waals surface area contributed by atoms with Gasteiger partial charge in [0.05, 0.1) is 23.7 Å². The lowest BCUT2D eigenvalue weighted by Crippen LogP contribution is -2.49. The van der Waals surface area contributed by atoms with Gasteiger partial charge in [-0.25, -0.2) is 4.98 Å². The van der Waals surface area contributed by atoms with Crippen LogP contribution in [0.1, 0.15) is 10.4 Å². The van der Waals surface area contributed by atoms with Crippen molar-refractivity contribution in [2.75, 3.05) is 38.2 Å². The predicted molar refractivity (Wildman–Crippen MR) is 114 cm³/mol. The Kier molecular flexibility index (Phi) is 4.31. The number of rotatable bonds is 3. The molecule has 2 aromatic heterocycles. The van der Waals surface area contributed by atoms with Gasteiger partial charge in [-0.05, 0) is 42.5 Å². The van der Waals surface area contributed by atoms with E-state index < -0.39 is 0 Å². The molecule has 0 saturated carbocycles. The number of carbonyl (C=O) groups is 1. The van der Waals surface area contributed by atoms with Crippen molar-refractivity contribution in [3.8, 4) is 5.75 Å². The highest BCUT2D eigenvalue weighted by Crippen LogP contribution is 2.26. The summed E-state index contributed by atoms with van der Waals surface area (Å²) in [5, 5.41) is 0. The van der Waals surface area contributed by atoms with Gasteiger partial charge < -0.3 is 18.9 Å². The second-order valence-corrected chi connectivity index (χ2v) is 7.20. The Morgan fingerprint density at radius 1 is 0.931 bits per heavy atom. The third kappa shape index (κ3) is 3.06. The molecule has 0 bridgehead atoms. The van der Waals surface area contributed by atoms with E-state index >= 15 is 0 Å². The third-order valence-electron chi connectivity index (χ3n) is 5.53. The van der Waals surface area contributed by atoms with Gasteiger partial charge in [0.25, 0.3) is 5.91 Å². The van der Waals surface area contributed by atoms with Crippen molar-refractivity contribution in [2.24, 2.45) is 0 Å². The van der Waals surface area contributed by atoms with Crippen LogP contribution >= 0.6 is 0 Å². The van der Waals surface area contributed by atoms with Gasteiger partial charge in [0.1, 0.15) is 5.75 Å². The van der Waals surface area contributed by atoms with Crippen LogP contribution in [-0.2, 0) is 0 Å². The van der Waals surface area contributed by atoms with Crippen LogP contribution in [0, 0.1) is 0 Å². The summed E-state index contributed by atoms with van der Waals surface area (Å²) < 4.78 is 7.43. The van der Waals surface area contributed by atoms with E-state index in [4.69, 9.17) is 9.72 Å². The number of fused-ring (bicyclic) bond motifs is 3. The zero-order valence-electron chi connectivity index (χ0n) is 16.3. The minimum absolute atomic E-state index is 0.0443. The Morgan fingerprint density at radius 2 is 1.72 bits per heavy atom. The zero-order valence-corrected chi connectivity index (χ0v) is 16.3. The van der Waals surface area contributed by atoms with Crippen LogP contribution in [-0.4, -0.2) is 53.5 Å². The number of para-hydroxylation sites is 2. The van der Waals surface area contributed by atoms with Gasteiger partial charge in [-0.3, -0.25) is 4.79 Å². The van der Waals surface area contributed by atoms with Gasteiger partial charge in [-0.15, -0.1) is 0 Å². The number of piperazine rings is 1. The molecule has 0 spiro atoms. The minimum Gasteiger partial charge on any atom is -0.497 e. The van der Waals surface area contributed by atoms with E-state index in [0.717, 1.165) is 35.5 Å². The first-order valence-corrected chi connectivity index (χ1v) is 9.79. The molecular formula is C23H22N4O2. The average molecular weight is 386 g/mol. The van der Waals surface area contributed by atoms with Crippen LogP contribution in [0.25, 0.3) is 16.6 Å². The molecule has 0 aliphatic carbocycles. The molecule has 1 amide bonds. The number of amides is 1. The maximum atomic E-state index is 12.9. The number of carbonyl (C=O) groups excluding carboxylic acids is 1. The van der Waals surface area contributed by atoms with Crippen LogP contribution in [0.15, 0.2) is 66.9 Å². The molecule has 2 aromatic carbocycles. The average Bonchev–Trinajstić information content (AvgIpc) is 3.28. The summed E-state index contributed by atoms with van der Waals surface area (Å²) in [6, 6.07) is 19.7. The van der Waals surface area contributed by atoms with Gasteiger partial charge in [-0.2, -0.15) is 0 Å². The summed E-state index contributed by atoms with van der Waals surface area (Å²) in [5.74, 6) is 1.72. The highest BCUT2D eigenvalue weighted by molar-refractivity contribution is 5.95. The molecule has 4 aromatic rings. The van der Waals surface area contributed by atoms with E-state index in [-0.39, 0.29) is 5.91 Å². The van der Waals surface area contributed by atoms with Crippen molar-refractivity contribution < 1.29 is 9.53 Å². The number of hydrogen-bond acceptors (Lipinski definition) is 4. The standard InChI is InChI=1S/C23H22N4O2/c1-29-18-7-4-6-17(16-18)23(28)26-14-12-25(13-15-26)22-21-10-5-11-27(21)20-9-3-2-8-19(20)24-22/h2-11,16H,12-15H2,1H3. The lowest BCUT2D eigenvalue weighted by molar-refractivity contribution is 0.0746. The quantitative estimate of drug-likeness (QED) is 0.541. The van der Waals surface area contributed by atoms with E-state index in [1.165, 1.54) is 0 Å². The van der Waals surface area contributed by atoms with Crippen LogP contribution in [0.5, 0.6) is 5.75 Å². The fourth-order valence-electron chi connectivity index (χ4n) is 4.00. The van der Waals surface area contributed by atoms with Gasteiger partial charge in [-0.1, -0.05) is 18.2 Å². The Labute approximate surface area is 168 Å². The number of anilines is 1.